The minimum Gasteiger partial charge on any atom is -0.389 e. The Balaban J connectivity index is 3.43. The van der Waals surface area contributed by atoms with Crippen molar-refractivity contribution in [3.8, 4) is 0 Å². The molecule has 0 radical (unpaired) electrons. The summed E-state index contributed by atoms with van der Waals surface area (Å²) in [5.74, 6) is -0.480. The van der Waals surface area contributed by atoms with Gasteiger partial charge in [0, 0.05) is 19.5 Å². The molecule has 0 rings (SSSR count). The summed E-state index contributed by atoms with van der Waals surface area (Å²) >= 11 is 0. The van der Waals surface area contributed by atoms with Crippen molar-refractivity contribution >= 4 is 11.8 Å². The largest absolute Gasteiger partial charge is 0.389 e. The first-order valence-corrected chi connectivity index (χ1v) is 7.18. The van der Waals surface area contributed by atoms with Crippen LogP contribution < -0.4 is 10.6 Å². The number of aliphatic hydroxyl groups is 2. The molecule has 0 spiro atoms. The third kappa shape index (κ3) is 12.3. The summed E-state index contributed by atoms with van der Waals surface area (Å²) in [6.07, 6.45) is -0.0823. The second kappa shape index (κ2) is 13.2. The Kier molecular flexibility index (Phi) is 12.3. The number of nitrogens with one attached hydrogen (secondary N) is 2. The van der Waals surface area contributed by atoms with E-state index in [0.717, 1.165) is 6.08 Å². The summed E-state index contributed by atoms with van der Waals surface area (Å²) in [7, 11) is 0. The summed E-state index contributed by atoms with van der Waals surface area (Å²) in [5.41, 5.74) is 0. The van der Waals surface area contributed by atoms with E-state index >= 15 is 0 Å². The average molecular weight is 318 g/mol. The minimum atomic E-state index is -0.807. The van der Waals surface area contributed by atoms with Crippen molar-refractivity contribution in [3.63, 3.8) is 0 Å². The lowest BCUT2D eigenvalue weighted by molar-refractivity contribution is -0.121. The maximum Gasteiger partial charge on any atom is 0.243 e. The first-order valence-electron chi connectivity index (χ1n) is 7.18. The van der Waals surface area contributed by atoms with Gasteiger partial charge in [-0.25, -0.2) is 0 Å². The van der Waals surface area contributed by atoms with Crippen LogP contribution in [0.4, 0.5) is 0 Å². The second-order valence-corrected chi connectivity index (χ2v) is 4.56. The highest BCUT2D eigenvalue weighted by molar-refractivity contribution is 5.86. The molecular weight excluding hydrogens is 292 g/mol. The molecular formula is C14H26N2O6. The Morgan fingerprint density at radius 3 is 2.05 bits per heavy atom. The molecule has 2 unspecified atom stereocenters. The highest BCUT2D eigenvalue weighted by atomic mass is 16.5. The number of carbonyl (C=O) groups excluding carboxylic acids is 2. The molecule has 2 atom stereocenters. The number of aliphatic hydroxyl groups excluding tert-OH is 2. The van der Waals surface area contributed by atoms with Gasteiger partial charge in [-0.15, -0.1) is 0 Å². The number of hydrogen-bond acceptors (Lipinski definition) is 6. The van der Waals surface area contributed by atoms with Gasteiger partial charge >= 0.3 is 0 Å². The fourth-order valence-electron chi connectivity index (χ4n) is 1.32. The first-order chi connectivity index (χ1) is 10.5. The van der Waals surface area contributed by atoms with E-state index in [0.29, 0.717) is 6.42 Å². The van der Waals surface area contributed by atoms with Crippen LogP contribution in [0.3, 0.4) is 0 Å². The molecule has 128 valence electrons. The highest BCUT2D eigenvalue weighted by Crippen LogP contribution is 1.88. The van der Waals surface area contributed by atoms with Gasteiger partial charge in [-0.3, -0.25) is 9.59 Å². The molecule has 0 aromatic heterocycles. The number of amides is 2. The monoisotopic (exact) mass is 318 g/mol. The molecule has 0 aliphatic heterocycles. The SMILES string of the molecule is C=CC(=O)NCC(O)COCCOCC(O)CNC(=O)CC. The van der Waals surface area contributed by atoms with Crippen molar-refractivity contribution in [1.29, 1.82) is 0 Å². The molecule has 0 fully saturated rings. The second-order valence-electron chi connectivity index (χ2n) is 4.56. The highest BCUT2D eigenvalue weighted by Gasteiger charge is 2.07. The predicted molar refractivity (Wildman–Crippen MR) is 80.2 cm³/mol. The predicted octanol–water partition coefficient (Wildman–Crippen LogP) is -1.43. The van der Waals surface area contributed by atoms with Gasteiger partial charge in [0.05, 0.1) is 38.6 Å². The maximum absolute atomic E-state index is 11.0. The van der Waals surface area contributed by atoms with Gasteiger partial charge < -0.3 is 30.3 Å². The molecule has 4 N–H and O–H groups in total. The Morgan fingerprint density at radius 1 is 1.09 bits per heavy atom. The van der Waals surface area contributed by atoms with E-state index < -0.39 is 12.2 Å². The van der Waals surface area contributed by atoms with E-state index in [9.17, 15) is 19.8 Å². The molecule has 0 saturated carbocycles. The van der Waals surface area contributed by atoms with Crippen molar-refractivity contribution in [2.75, 3.05) is 39.5 Å². The van der Waals surface area contributed by atoms with E-state index in [2.05, 4.69) is 17.2 Å². The molecule has 8 heteroatoms. The van der Waals surface area contributed by atoms with E-state index in [-0.39, 0.29) is 51.3 Å². The van der Waals surface area contributed by atoms with E-state index in [4.69, 9.17) is 9.47 Å². The van der Waals surface area contributed by atoms with Crippen LogP contribution in [0.15, 0.2) is 12.7 Å². The summed E-state index contributed by atoms with van der Waals surface area (Å²) < 4.78 is 10.3. The summed E-state index contributed by atoms with van der Waals surface area (Å²) in [6.45, 7) is 5.91. The van der Waals surface area contributed by atoms with E-state index in [1.807, 2.05) is 0 Å². The van der Waals surface area contributed by atoms with Crippen molar-refractivity contribution in [2.45, 2.75) is 25.6 Å². The number of hydrogen-bond donors (Lipinski definition) is 4. The van der Waals surface area contributed by atoms with Gasteiger partial charge in [0.15, 0.2) is 0 Å². The molecule has 0 aromatic carbocycles. The maximum atomic E-state index is 11.0. The van der Waals surface area contributed by atoms with Crippen LogP contribution in [0.2, 0.25) is 0 Å². The standard InChI is InChI=1S/C14H26N2O6/c1-3-13(19)15-7-11(17)9-21-5-6-22-10-12(18)8-16-14(20)4-2/h3,11-12,17-18H,1,4-10H2,2H3,(H,15,19)(H,16,20). The Labute approximate surface area is 130 Å². The Hall–Kier alpha value is -1.48. The molecule has 22 heavy (non-hydrogen) atoms. The fraction of sp³-hybridized carbons (Fsp3) is 0.714. The quantitative estimate of drug-likeness (QED) is 0.244. The van der Waals surface area contributed by atoms with Crippen LogP contribution in [0, 0.1) is 0 Å². The fourth-order valence-corrected chi connectivity index (χ4v) is 1.32. The third-order valence-corrected chi connectivity index (χ3v) is 2.55. The zero-order valence-corrected chi connectivity index (χ0v) is 12.9. The smallest absolute Gasteiger partial charge is 0.243 e. The van der Waals surface area contributed by atoms with Crippen molar-refractivity contribution in [2.24, 2.45) is 0 Å². The zero-order chi connectivity index (χ0) is 16.8. The minimum absolute atomic E-state index is 0.0654. The number of ether oxygens (including phenoxy) is 2. The van der Waals surface area contributed by atoms with Gasteiger partial charge in [0.2, 0.25) is 11.8 Å². The first kappa shape index (κ1) is 20.5. The molecule has 0 aliphatic rings. The van der Waals surface area contributed by atoms with Crippen LogP contribution in [0.5, 0.6) is 0 Å². The average Bonchev–Trinajstić information content (AvgIpc) is 2.53. The van der Waals surface area contributed by atoms with Gasteiger partial charge in [-0.1, -0.05) is 13.5 Å². The van der Waals surface area contributed by atoms with Gasteiger partial charge in [0.25, 0.3) is 0 Å². The van der Waals surface area contributed by atoms with Crippen molar-refractivity contribution in [1.82, 2.24) is 10.6 Å². The van der Waals surface area contributed by atoms with Crippen LogP contribution in [0.25, 0.3) is 0 Å². The van der Waals surface area contributed by atoms with Crippen LogP contribution in [-0.4, -0.2) is 73.8 Å². The molecule has 8 nitrogen and oxygen atoms in total. The normalized spacial score (nSPS) is 13.2. The summed E-state index contributed by atoms with van der Waals surface area (Å²) in [6, 6.07) is 0. The molecule has 2 amide bonds. The zero-order valence-electron chi connectivity index (χ0n) is 12.9. The lowest BCUT2D eigenvalue weighted by Gasteiger charge is -2.13. The third-order valence-electron chi connectivity index (χ3n) is 2.55. The lowest BCUT2D eigenvalue weighted by atomic mass is 10.3. The Morgan fingerprint density at radius 2 is 1.59 bits per heavy atom. The van der Waals surface area contributed by atoms with Crippen LogP contribution in [0.1, 0.15) is 13.3 Å². The molecule has 0 aromatic rings. The van der Waals surface area contributed by atoms with Crippen molar-refractivity contribution < 1.29 is 29.3 Å². The number of carbonyl (C=O) groups is 2. The van der Waals surface area contributed by atoms with Crippen LogP contribution >= 0.6 is 0 Å². The van der Waals surface area contributed by atoms with E-state index in [1.165, 1.54) is 0 Å². The van der Waals surface area contributed by atoms with E-state index in [1.54, 1.807) is 6.92 Å². The van der Waals surface area contributed by atoms with Gasteiger partial charge in [0.1, 0.15) is 0 Å². The van der Waals surface area contributed by atoms with Gasteiger partial charge in [-0.2, -0.15) is 0 Å². The summed E-state index contributed by atoms with van der Waals surface area (Å²) in [4.78, 5) is 21.8. The molecule has 0 bridgehead atoms. The Bertz CT molecular complexity index is 337. The topological polar surface area (TPSA) is 117 Å². The molecule has 0 heterocycles. The number of rotatable bonds is 13. The van der Waals surface area contributed by atoms with Gasteiger partial charge in [-0.05, 0) is 6.08 Å². The molecule has 0 saturated heterocycles. The van der Waals surface area contributed by atoms with Crippen molar-refractivity contribution in [3.05, 3.63) is 12.7 Å². The summed E-state index contributed by atoms with van der Waals surface area (Å²) in [5, 5.41) is 24.0. The van der Waals surface area contributed by atoms with Crippen LogP contribution in [-0.2, 0) is 19.1 Å². The molecule has 0 aliphatic carbocycles. The lowest BCUT2D eigenvalue weighted by Crippen LogP contribution is -2.35.